The number of nitrogens with one attached hydrogen (secondary N) is 1. The zero-order chi connectivity index (χ0) is 15.2. The van der Waals surface area contributed by atoms with Crippen molar-refractivity contribution in [3.63, 3.8) is 0 Å². The van der Waals surface area contributed by atoms with Gasteiger partial charge in [-0.1, -0.05) is 36.4 Å². The average molecular weight is 284 g/mol. The van der Waals surface area contributed by atoms with E-state index in [4.69, 9.17) is 10.5 Å². The van der Waals surface area contributed by atoms with Gasteiger partial charge in [0.05, 0.1) is 18.8 Å². The van der Waals surface area contributed by atoms with Gasteiger partial charge in [-0.15, -0.1) is 0 Å². The molecule has 0 heterocycles. The van der Waals surface area contributed by atoms with Gasteiger partial charge in [0.25, 0.3) is 0 Å². The summed E-state index contributed by atoms with van der Waals surface area (Å²) in [5, 5.41) is 2.82. The number of ether oxygens (including phenoxy) is 1. The van der Waals surface area contributed by atoms with Crippen molar-refractivity contribution < 1.29 is 9.53 Å². The van der Waals surface area contributed by atoms with Gasteiger partial charge in [0.15, 0.2) is 0 Å². The molecule has 4 heteroatoms. The van der Waals surface area contributed by atoms with Gasteiger partial charge in [0.2, 0.25) is 5.91 Å². The number of carbonyl (C=O) groups excluding carboxylic acids is 1. The molecule has 0 unspecified atom stereocenters. The van der Waals surface area contributed by atoms with Crippen molar-refractivity contribution in [2.24, 2.45) is 5.73 Å². The molecule has 0 aliphatic heterocycles. The highest BCUT2D eigenvalue weighted by Gasteiger charge is 2.16. The van der Waals surface area contributed by atoms with E-state index in [0.717, 1.165) is 11.1 Å². The molecule has 0 saturated heterocycles. The van der Waals surface area contributed by atoms with Crippen LogP contribution in [0.2, 0.25) is 0 Å². The van der Waals surface area contributed by atoms with Gasteiger partial charge in [0, 0.05) is 0 Å². The summed E-state index contributed by atoms with van der Waals surface area (Å²) >= 11 is 0. The minimum absolute atomic E-state index is 0.221. The van der Waals surface area contributed by atoms with Crippen molar-refractivity contribution in [2.45, 2.75) is 19.4 Å². The SMILES string of the molecule is COc1cc(C)ccc1NC(=O)[C@@H](N)Cc1ccccc1. The Morgan fingerprint density at radius 2 is 1.95 bits per heavy atom. The molecule has 0 saturated carbocycles. The number of carbonyl (C=O) groups is 1. The molecule has 1 amide bonds. The lowest BCUT2D eigenvalue weighted by Gasteiger charge is -2.15. The van der Waals surface area contributed by atoms with E-state index in [-0.39, 0.29) is 5.91 Å². The third-order valence-electron chi connectivity index (χ3n) is 3.25. The molecule has 4 nitrogen and oxygen atoms in total. The molecule has 2 rings (SSSR count). The third kappa shape index (κ3) is 4.07. The first-order valence-electron chi connectivity index (χ1n) is 6.85. The van der Waals surface area contributed by atoms with Crippen LogP contribution in [0.4, 0.5) is 5.69 Å². The molecular formula is C17H20N2O2. The number of methoxy groups -OCH3 is 1. The fraction of sp³-hybridized carbons (Fsp3) is 0.235. The molecule has 0 aliphatic carbocycles. The van der Waals surface area contributed by atoms with E-state index in [0.29, 0.717) is 17.9 Å². The van der Waals surface area contributed by atoms with Gasteiger partial charge >= 0.3 is 0 Å². The monoisotopic (exact) mass is 284 g/mol. The zero-order valence-electron chi connectivity index (χ0n) is 12.3. The highest BCUT2D eigenvalue weighted by atomic mass is 16.5. The van der Waals surface area contributed by atoms with E-state index >= 15 is 0 Å². The van der Waals surface area contributed by atoms with Crippen LogP contribution < -0.4 is 15.8 Å². The summed E-state index contributed by atoms with van der Waals surface area (Å²) in [5.41, 5.74) is 8.71. The van der Waals surface area contributed by atoms with Crippen LogP contribution in [0.15, 0.2) is 48.5 Å². The Labute approximate surface area is 124 Å². The second-order valence-corrected chi connectivity index (χ2v) is 4.99. The van der Waals surface area contributed by atoms with Crippen molar-refractivity contribution >= 4 is 11.6 Å². The van der Waals surface area contributed by atoms with Crippen LogP contribution in [0.25, 0.3) is 0 Å². The minimum atomic E-state index is -0.599. The van der Waals surface area contributed by atoms with Crippen LogP contribution >= 0.6 is 0 Å². The summed E-state index contributed by atoms with van der Waals surface area (Å²) in [6.45, 7) is 1.97. The maximum atomic E-state index is 12.2. The quantitative estimate of drug-likeness (QED) is 0.886. The molecule has 2 aromatic carbocycles. The van der Waals surface area contributed by atoms with Gasteiger partial charge in [-0.05, 0) is 36.6 Å². The number of hydrogen-bond acceptors (Lipinski definition) is 3. The molecule has 0 bridgehead atoms. The molecule has 0 aliphatic rings. The Morgan fingerprint density at radius 3 is 2.62 bits per heavy atom. The molecule has 110 valence electrons. The lowest BCUT2D eigenvalue weighted by Crippen LogP contribution is -2.37. The highest BCUT2D eigenvalue weighted by Crippen LogP contribution is 2.25. The molecular weight excluding hydrogens is 264 g/mol. The lowest BCUT2D eigenvalue weighted by molar-refractivity contribution is -0.117. The number of benzene rings is 2. The van der Waals surface area contributed by atoms with E-state index in [2.05, 4.69) is 5.32 Å². The molecule has 0 radical (unpaired) electrons. The fourth-order valence-corrected chi connectivity index (χ4v) is 2.09. The Hall–Kier alpha value is -2.33. The third-order valence-corrected chi connectivity index (χ3v) is 3.25. The second-order valence-electron chi connectivity index (χ2n) is 4.99. The number of hydrogen-bond donors (Lipinski definition) is 2. The Bertz CT molecular complexity index is 611. The number of anilines is 1. The topological polar surface area (TPSA) is 64.3 Å². The van der Waals surface area contributed by atoms with Crippen molar-refractivity contribution in [3.8, 4) is 5.75 Å². The largest absolute Gasteiger partial charge is 0.495 e. The van der Waals surface area contributed by atoms with Gasteiger partial charge in [-0.25, -0.2) is 0 Å². The number of nitrogens with two attached hydrogens (primary N) is 1. The molecule has 2 aromatic rings. The van der Waals surface area contributed by atoms with Gasteiger partial charge in [-0.3, -0.25) is 4.79 Å². The molecule has 3 N–H and O–H groups in total. The van der Waals surface area contributed by atoms with Crippen LogP contribution in [-0.2, 0) is 11.2 Å². The molecule has 1 atom stereocenters. The van der Waals surface area contributed by atoms with Crippen LogP contribution in [0.5, 0.6) is 5.75 Å². The summed E-state index contributed by atoms with van der Waals surface area (Å²) in [4.78, 5) is 12.2. The van der Waals surface area contributed by atoms with E-state index in [1.54, 1.807) is 7.11 Å². The summed E-state index contributed by atoms with van der Waals surface area (Å²) < 4.78 is 5.27. The molecule has 0 spiro atoms. The average Bonchev–Trinajstić information content (AvgIpc) is 2.49. The van der Waals surface area contributed by atoms with Crippen LogP contribution in [0.3, 0.4) is 0 Å². The van der Waals surface area contributed by atoms with Crippen LogP contribution in [0, 0.1) is 6.92 Å². The zero-order valence-corrected chi connectivity index (χ0v) is 12.3. The second kappa shape index (κ2) is 6.90. The normalized spacial score (nSPS) is 11.8. The van der Waals surface area contributed by atoms with E-state index in [1.165, 1.54) is 0 Å². The van der Waals surface area contributed by atoms with Crippen molar-refractivity contribution in [2.75, 3.05) is 12.4 Å². The number of amides is 1. The standard InChI is InChI=1S/C17H20N2O2/c1-12-8-9-15(16(10-12)21-2)19-17(20)14(18)11-13-6-4-3-5-7-13/h3-10,14H,11,18H2,1-2H3,(H,19,20)/t14-/m0/s1. The minimum Gasteiger partial charge on any atom is -0.495 e. The van der Waals surface area contributed by atoms with Gasteiger partial charge in [0.1, 0.15) is 5.75 Å². The first-order valence-corrected chi connectivity index (χ1v) is 6.85. The Morgan fingerprint density at radius 1 is 1.24 bits per heavy atom. The summed E-state index contributed by atoms with van der Waals surface area (Å²) in [6.07, 6.45) is 0.501. The summed E-state index contributed by atoms with van der Waals surface area (Å²) in [7, 11) is 1.58. The maximum Gasteiger partial charge on any atom is 0.241 e. The Kier molecular flexibility index (Phi) is 4.95. The predicted octanol–water partition coefficient (Wildman–Crippen LogP) is 2.51. The smallest absolute Gasteiger partial charge is 0.241 e. The Balaban J connectivity index is 2.04. The maximum absolute atomic E-state index is 12.2. The first-order chi connectivity index (χ1) is 10.1. The van der Waals surface area contributed by atoms with E-state index in [1.807, 2.05) is 55.5 Å². The lowest BCUT2D eigenvalue weighted by atomic mass is 10.1. The summed E-state index contributed by atoms with van der Waals surface area (Å²) in [6, 6.07) is 14.7. The number of rotatable bonds is 5. The van der Waals surface area contributed by atoms with Crippen LogP contribution in [-0.4, -0.2) is 19.1 Å². The van der Waals surface area contributed by atoms with Gasteiger partial charge in [-0.2, -0.15) is 0 Å². The van der Waals surface area contributed by atoms with Gasteiger partial charge < -0.3 is 15.8 Å². The first kappa shape index (κ1) is 15.1. The number of aryl methyl sites for hydroxylation is 1. The van der Waals surface area contributed by atoms with E-state index < -0.39 is 6.04 Å². The van der Waals surface area contributed by atoms with Crippen molar-refractivity contribution in [3.05, 3.63) is 59.7 Å². The van der Waals surface area contributed by atoms with E-state index in [9.17, 15) is 4.79 Å². The van der Waals surface area contributed by atoms with Crippen LogP contribution in [0.1, 0.15) is 11.1 Å². The molecule has 0 aromatic heterocycles. The molecule has 21 heavy (non-hydrogen) atoms. The highest BCUT2D eigenvalue weighted by molar-refractivity contribution is 5.96. The van der Waals surface area contributed by atoms with Crippen molar-refractivity contribution in [1.29, 1.82) is 0 Å². The molecule has 0 fully saturated rings. The predicted molar refractivity (Wildman–Crippen MR) is 84.5 cm³/mol. The summed E-state index contributed by atoms with van der Waals surface area (Å²) in [5.74, 6) is 0.413. The van der Waals surface area contributed by atoms with Crippen molar-refractivity contribution in [1.82, 2.24) is 0 Å². The fourth-order valence-electron chi connectivity index (χ4n) is 2.09.